The van der Waals surface area contributed by atoms with Crippen molar-refractivity contribution in [1.82, 2.24) is 0 Å². The van der Waals surface area contributed by atoms with Gasteiger partial charge in [-0.3, -0.25) is 4.79 Å². The summed E-state index contributed by atoms with van der Waals surface area (Å²) in [4.78, 5) is 11.2. The molecule has 5 N–H and O–H groups in total. The first-order chi connectivity index (χ1) is 14.0. The maximum atomic E-state index is 11.2. The molecule has 0 radical (unpaired) electrons. The number of benzene rings is 3. The van der Waals surface area contributed by atoms with Crippen LogP contribution in [0.1, 0.15) is 35.1 Å². The van der Waals surface area contributed by atoms with Gasteiger partial charge in [-0.25, -0.2) is 0 Å². The molecular formula is C25H28N2O2. The van der Waals surface area contributed by atoms with E-state index >= 15 is 0 Å². The van der Waals surface area contributed by atoms with E-state index in [1.807, 2.05) is 36.4 Å². The molecule has 150 valence electrons. The molecule has 29 heavy (non-hydrogen) atoms. The number of nitrogens with two attached hydrogens (primary N) is 2. The topological polar surface area (TPSA) is 89.3 Å². The molecule has 0 heterocycles. The van der Waals surface area contributed by atoms with Crippen LogP contribution in [0.5, 0.6) is 0 Å². The molecule has 1 unspecified atom stereocenters. The maximum Gasteiger partial charge on any atom is 0.320 e. The second-order valence-corrected chi connectivity index (χ2v) is 7.53. The Balaban J connectivity index is 2.20. The lowest BCUT2D eigenvalue weighted by Gasteiger charge is -2.41. The van der Waals surface area contributed by atoms with Crippen LogP contribution in [0.4, 0.5) is 0 Å². The predicted molar refractivity (Wildman–Crippen MR) is 117 cm³/mol. The van der Waals surface area contributed by atoms with Crippen LogP contribution in [-0.2, 0) is 10.2 Å². The second-order valence-electron chi connectivity index (χ2n) is 7.53. The lowest BCUT2D eigenvalue weighted by Crippen LogP contribution is -2.48. The molecule has 2 atom stereocenters. The van der Waals surface area contributed by atoms with Crippen molar-refractivity contribution in [3.63, 3.8) is 0 Å². The van der Waals surface area contributed by atoms with Crippen LogP contribution in [0.2, 0.25) is 0 Å². The van der Waals surface area contributed by atoms with Gasteiger partial charge in [0.15, 0.2) is 0 Å². The third-order valence-corrected chi connectivity index (χ3v) is 5.63. The Bertz CT molecular complexity index is 885. The summed E-state index contributed by atoms with van der Waals surface area (Å²) in [5, 5.41) is 9.21. The van der Waals surface area contributed by atoms with E-state index in [1.165, 1.54) is 5.56 Å². The van der Waals surface area contributed by atoms with E-state index in [1.54, 1.807) is 0 Å². The van der Waals surface area contributed by atoms with Gasteiger partial charge in [0, 0.05) is 6.04 Å². The highest BCUT2D eigenvalue weighted by atomic mass is 16.4. The third kappa shape index (κ3) is 4.24. The average molecular weight is 389 g/mol. The first kappa shape index (κ1) is 20.8. The molecule has 0 aliphatic heterocycles. The molecular weight excluding hydrogens is 360 g/mol. The van der Waals surface area contributed by atoms with Crippen molar-refractivity contribution in [3.8, 4) is 0 Å². The molecule has 0 aliphatic carbocycles. The van der Waals surface area contributed by atoms with Crippen LogP contribution in [0.3, 0.4) is 0 Å². The van der Waals surface area contributed by atoms with Gasteiger partial charge in [0.25, 0.3) is 0 Å². The standard InChI is InChI=1S/C25H28N2O2/c1-18-12-14-21(15-13-18)25(19-8-4-2-5-9-19,20-10-6-3-7-11-20)23(27)17-16-22(26)24(28)29/h2-15,22-23H,16-17,26-27H2,1H3,(H,28,29)/t22-,23?/m1/s1. The lowest BCUT2D eigenvalue weighted by molar-refractivity contribution is -0.138. The van der Waals surface area contributed by atoms with Crippen molar-refractivity contribution in [3.05, 3.63) is 107 Å². The van der Waals surface area contributed by atoms with Gasteiger partial charge >= 0.3 is 5.97 Å². The molecule has 4 heteroatoms. The Morgan fingerprint density at radius 1 is 0.793 bits per heavy atom. The minimum absolute atomic E-state index is 0.309. The van der Waals surface area contributed by atoms with Crippen LogP contribution < -0.4 is 11.5 Å². The summed E-state index contributed by atoms with van der Waals surface area (Å²) >= 11 is 0. The minimum Gasteiger partial charge on any atom is -0.480 e. The Kier molecular flexibility index (Phi) is 6.47. The third-order valence-electron chi connectivity index (χ3n) is 5.63. The van der Waals surface area contributed by atoms with Crippen LogP contribution >= 0.6 is 0 Å². The van der Waals surface area contributed by atoms with E-state index in [2.05, 4.69) is 55.5 Å². The zero-order valence-electron chi connectivity index (χ0n) is 16.7. The quantitative estimate of drug-likeness (QED) is 0.511. The smallest absolute Gasteiger partial charge is 0.320 e. The van der Waals surface area contributed by atoms with Crippen molar-refractivity contribution in [2.24, 2.45) is 11.5 Å². The largest absolute Gasteiger partial charge is 0.480 e. The van der Waals surface area contributed by atoms with Crippen molar-refractivity contribution >= 4 is 5.97 Å². The molecule has 0 spiro atoms. The normalized spacial score (nSPS) is 13.6. The number of aryl methyl sites for hydroxylation is 1. The number of carbonyl (C=O) groups is 1. The van der Waals surface area contributed by atoms with Crippen molar-refractivity contribution < 1.29 is 9.90 Å². The number of aliphatic carboxylic acids is 1. The maximum absolute atomic E-state index is 11.2. The van der Waals surface area contributed by atoms with Gasteiger partial charge in [0.2, 0.25) is 0 Å². The summed E-state index contributed by atoms with van der Waals surface area (Å²) in [7, 11) is 0. The predicted octanol–water partition coefficient (Wildman–Crippen LogP) is 3.85. The minimum atomic E-state index is -1.00. The first-order valence-corrected chi connectivity index (χ1v) is 9.88. The summed E-state index contributed by atoms with van der Waals surface area (Å²) in [6.45, 7) is 2.06. The second kappa shape index (κ2) is 9.03. The van der Waals surface area contributed by atoms with Crippen LogP contribution in [0.15, 0.2) is 84.9 Å². The number of hydrogen-bond donors (Lipinski definition) is 3. The van der Waals surface area contributed by atoms with Gasteiger partial charge < -0.3 is 16.6 Å². The van der Waals surface area contributed by atoms with E-state index < -0.39 is 17.4 Å². The molecule has 3 rings (SSSR count). The van der Waals surface area contributed by atoms with Gasteiger partial charge in [-0.15, -0.1) is 0 Å². The highest BCUT2D eigenvalue weighted by Gasteiger charge is 2.42. The molecule has 0 saturated heterocycles. The van der Waals surface area contributed by atoms with Crippen LogP contribution in [0, 0.1) is 6.92 Å². The number of rotatable bonds is 8. The fraction of sp³-hybridized carbons (Fsp3) is 0.240. The average Bonchev–Trinajstić information content (AvgIpc) is 2.75. The Morgan fingerprint density at radius 2 is 1.24 bits per heavy atom. The summed E-state index contributed by atoms with van der Waals surface area (Å²) in [5.41, 5.74) is 16.5. The van der Waals surface area contributed by atoms with Crippen LogP contribution in [0.25, 0.3) is 0 Å². The highest BCUT2D eigenvalue weighted by molar-refractivity contribution is 5.73. The monoisotopic (exact) mass is 388 g/mol. The van der Waals surface area contributed by atoms with Crippen molar-refractivity contribution in [2.45, 2.75) is 37.3 Å². The zero-order valence-corrected chi connectivity index (χ0v) is 16.7. The molecule has 3 aromatic carbocycles. The fourth-order valence-electron chi connectivity index (χ4n) is 4.06. The number of carboxylic acids is 1. The van der Waals surface area contributed by atoms with E-state index in [9.17, 15) is 9.90 Å². The number of hydrogen-bond acceptors (Lipinski definition) is 3. The summed E-state index contributed by atoms with van der Waals surface area (Å²) in [6.07, 6.45) is 0.787. The van der Waals surface area contributed by atoms with E-state index in [4.69, 9.17) is 11.5 Å². The van der Waals surface area contributed by atoms with Gasteiger partial charge in [-0.05, 0) is 36.5 Å². The first-order valence-electron chi connectivity index (χ1n) is 9.88. The van der Waals surface area contributed by atoms with Gasteiger partial charge in [-0.1, -0.05) is 90.5 Å². The summed E-state index contributed by atoms with van der Waals surface area (Å²) in [5.74, 6) is -1.00. The highest BCUT2D eigenvalue weighted by Crippen LogP contribution is 2.43. The van der Waals surface area contributed by atoms with Crippen LogP contribution in [-0.4, -0.2) is 23.2 Å². The van der Waals surface area contributed by atoms with Gasteiger partial charge in [-0.2, -0.15) is 0 Å². The van der Waals surface area contributed by atoms with Gasteiger partial charge in [0.05, 0.1) is 5.41 Å². The van der Waals surface area contributed by atoms with E-state index in [-0.39, 0.29) is 6.04 Å². The zero-order chi connectivity index (χ0) is 20.9. The van der Waals surface area contributed by atoms with Gasteiger partial charge in [0.1, 0.15) is 6.04 Å². The van der Waals surface area contributed by atoms with E-state index in [0.29, 0.717) is 12.8 Å². The summed E-state index contributed by atoms with van der Waals surface area (Å²) in [6, 6.07) is 27.5. The Hall–Kier alpha value is -2.95. The molecule has 4 nitrogen and oxygen atoms in total. The molecule has 0 aromatic heterocycles. The molecule has 0 saturated carbocycles. The molecule has 0 fully saturated rings. The number of carboxylic acid groups (broad SMARTS) is 1. The molecule has 3 aromatic rings. The van der Waals surface area contributed by atoms with E-state index in [0.717, 1.165) is 16.7 Å². The SMILES string of the molecule is Cc1ccc(C(c2ccccc2)(c2ccccc2)C(N)CC[C@@H](N)C(=O)O)cc1. The molecule has 0 aliphatic rings. The molecule has 0 bridgehead atoms. The van der Waals surface area contributed by atoms with Crippen molar-refractivity contribution in [2.75, 3.05) is 0 Å². The Morgan fingerprint density at radius 3 is 1.69 bits per heavy atom. The van der Waals surface area contributed by atoms with Crippen molar-refractivity contribution in [1.29, 1.82) is 0 Å². The fourth-order valence-corrected chi connectivity index (χ4v) is 4.06. The summed E-state index contributed by atoms with van der Waals surface area (Å²) < 4.78 is 0. The molecule has 0 amide bonds. The lowest BCUT2D eigenvalue weighted by atomic mass is 9.63. The Labute approximate surface area is 172 Å².